The molecule has 1 aromatic rings. The Morgan fingerprint density at radius 3 is 2.67 bits per heavy atom. The van der Waals surface area contributed by atoms with Crippen molar-refractivity contribution in [1.82, 2.24) is 0 Å². The summed E-state index contributed by atoms with van der Waals surface area (Å²) in [5.41, 5.74) is 6.19. The minimum absolute atomic E-state index is 0.273. The molecule has 0 amide bonds. The SMILES string of the molecule is COc1ccc(OCC(F)F)cc1CN. The summed E-state index contributed by atoms with van der Waals surface area (Å²) in [4.78, 5) is 0. The van der Waals surface area contributed by atoms with E-state index in [1.165, 1.54) is 7.11 Å². The third kappa shape index (κ3) is 3.36. The van der Waals surface area contributed by atoms with Crippen molar-refractivity contribution in [2.45, 2.75) is 13.0 Å². The fraction of sp³-hybridized carbons (Fsp3) is 0.400. The van der Waals surface area contributed by atoms with Crippen LogP contribution in [0.15, 0.2) is 18.2 Å². The monoisotopic (exact) mass is 217 g/mol. The molecular formula is C10H13F2NO2. The highest BCUT2D eigenvalue weighted by molar-refractivity contribution is 5.40. The minimum atomic E-state index is -2.48. The predicted molar refractivity (Wildman–Crippen MR) is 52.4 cm³/mol. The number of methoxy groups -OCH3 is 1. The van der Waals surface area contributed by atoms with Crippen molar-refractivity contribution in [3.8, 4) is 11.5 Å². The molecule has 0 spiro atoms. The minimum Gasteiger partial charge on any atom is -0.496 e. The Balaban J connectivity index is 2.74. The topological polar surface area (TPSA) is 44.5 Å². The quantitative estimate of drug-likeness (QED) is 0.817. The molecule has 15 heavy (non-hydrogen) atoms. The maximum absolute atomic E-state index is 11.9. The number of halogens is 2. The van der Waals surface area contributed by atoms with Crippen LogP contribution in [0, 0.1) is 0 Å². The van der Waals surface area contributed by atoms with E-state index >= 15 is 0 Å². The van der Waals surface area contributed by atoms with Gasteiger partial charge in [-0.1, -0.05) is 0 Å². The summed E-state index contributed by atoms with van der Waals surface area (Å²) in [6, 6.07) is 4.81. The molecule has 0 aliphatic heterocycles. The van der Waals surface area contributed by atoms with Gasteiger partial charge in [0, 0.05) is 12.1 Å². The van der Waals surface area contributed by atoms with Gasteiger partial charge in [-0.3, -0.25) is 0 Å². The Hall–Kier alpha value is -1.36. The van der Waals surface area contributed by atoms with Crippen LogP contribution in [0.5, 0.6) is 11.5 Å². The van der Waals surface area contributed by atoms with E-state index < -0.39 is 13.0 Å². The average molecular weight is 217 g/mol. The van der Waals surface area contributed by atoms with Crippen LogP contribution < -0.4 is 15.2 Å². The van der Waals surface area contributed by atoms with E-state index in [1.54, 1.807) is 18.2 Å². The van der Waals surface area contributed by atoms with Crippen molar-refractivity contribution < 1.29 is 18.3 Å². The molecule has 1 aromatic carbocycles. The van der Waals surface area contributed by atoms with Crippen molar-refractivity contribution in [3.05, 3.63) is 23.8 Å². The number of hydrogen-bond donors (Lipinski definition) is 1. The first-order valence-electron chi connectivity index (χ1n) is 4.45. The van der Waals surface area contributed by atoms with Crippen LogP contribution in [0.25, 0.3) is 0 Å². The Labute approximate surface area is 86.8 Å². The summed E-state index contributed by atoms with van der Waals surface area (Å²) in [5, 5.41) is 0. The first-order valence-corrected chi connectivity index (χ1v) is 4.45. The molecule has 0 fully saturated rings. The third-order valence-corrected chi connectivity index (χ3v) is 1.85. The fourth-order valence-corrected chi connectivity index (χ4v) is 1.16. The zero-order valence-corrected chi connectivity index (χ0v) is 8.37. The van der Waals surface area contributed by atoms with E-state index in [9.17, 15) is 8.78 Å². The first kappa shape index (κ1) is 11.7. The van der Waals surface area contributed by atoms with Gasteiger partial charge < -0.3 is 15.2 Å². The van der Waals surface area contributed by atoms with E-state index in [-0.39, 0.29) is 6.54 Å². The lowest BCUT2D eigenvalue weighted by Crippen LogP contribution is -2.08. The standard InChI is InChI=1S/C10H13F2NO2/c1-14-9-3-2-8(4-7(9)5-13)15-6-10(11)12/h2-4,10H,5-6,13H2,1H3. The molecule has 0 bridgehead atoms. The van der Waals surface area contributed by atoms with Crippen molar-refractivity contribution in [3.63, 3.8) is 0 Å². The van der Waals surface area contributed by atoms with Gasteiger partial charge in [0.25, 0.3) is 6.43 Å². The molecule has 3 nitrogen and oxygen atoms in total. The average Bonchev–Trinajstić information content (AvgIpc) is 2.25. The second-order valence-electron chi connectivity index (χ2n) is 2.88. The van der Waals surface area contributed by atoms with Crippen LogP contribution >= 0.6 is 0 Å². The number of alkyl halides is 2. The Kier molecular flexibility index (Phi) is 4.30. The lowest BCUT2D eigenvalue weighted by molar-refractivity contribution is 0.0818. The molecule has 84 valence electrons. The maximum atomic E-state index is 11.9. The summed E-state index contributed by atoms with van der Waals surface area (Å²) in [6.45, 7) is -0.342. The van der Waals surface area contributed by atoms with Crippen molar-refractivity contribution >= 4 is 0 Å². The number of rotatable bonds is 5. The highest BCUT2D eigenvalue weighted by atomic mass is 19.3. The molecule has 0 aliphatic rings. The van der Waals surface area contributed by atoms with Crippen LogP contribution in [-0.4, -0.2) is 20.1 Å². The van der Waals surface area contributed by atoms with Gasteiger partial charge in [-0.2, -0.15) is 0 Å². The van der Waals surface area contributed by atoms with Crippen molar-refractivity contribution in [2.24, 2.45) is 5.73 Å². The molecule has 0 atom stereocenters. The summed E-state index contributed by atoms with van der Waals surface area (Å²) < 4.78 is 33.6. The Bertz CT molecular complexity index is 318. The molecule has 0 heterocycles. The van der Waals surface area contributed by atoms with Gasteiger partial charge in [-0.25, -0.2) is 8.78 Å². The van der Waals surface area contributed by atoms with Gasteiger partial charge in [0.2, 0.25) is 0 Å². The summed E-state index contributed by atoms with van der Waals surface area (Å²) in [6.07, 6.45) is -2.48. The van der Waals surface area contributed by atoms with E-state index in [0.717, 1.165) is 5.56 Å². The van der Waals surface area contributed by atoms with E-state index in [1.807, 2.05) is 0 Å². The molecule has 0 aromatic heterocycles. The van der Waals surface area contributed by atoms with Crippen LogP contribution in [-0.2, 0) is 6.54 Å². The number of benzene rings is 1. The van der Waals surface area contributed by atoms with Crippen molar-refractivity contribution in [1.29, 1.82) is 0 Å². The van der Waals surface area contributed by atoms with E-state index in [2.05, 4.69) is 0 Å². The molecule has 0 saturated heterocycles. The van der Waals surface area contributed by atoms with Gasteiger partial charge >= 0.3 is 0 Å². The van der Waals surface area contributed by atoms with Gasteiger partial charge in [0.05, 0.1) is 7.11 Å². The van der Waals surface area contributed by atoms with Crippen LogP contribution in [0.2, 0.25) is 0 Å². The predicted octanol–water partition coefficient (Wildman–Crippen LogP) is 1.80. The molecule has 0 saturated carbocycles. The normalized spacial score (nSPS) is 10.5. The highest BCUT2D eigenvalue weighted by Gasteiger charge is 2.06. The van der Waals surface area contributed by atoms with Crippen LogP contribution in [0.3, 0.4) is 0 Å². The van der Waals surface area contributed by atoms with Crippen molar-refractivity contribution in [2.75, 3.05) is 13.7 Å². The fourth-order valence-electron chi connectivity index (χ4n) is 1.16. The van der Waals surface area contributed by atoms with E-state index in [0.29, 0.717) is 11.5 Å². The maximum Gasteiger partial charge on any atom is 0.272 e. The second-order valence-corrected chi connectivity index (χ2v) is 2.88. The van der Waals surface area contributed by atoms with E-state index in [4.69, 9.17) is 15.2 Å². The molecule has 0 radical (unpaired) electrons. The Morgan fingerprint density at radius 1 is 1.40 bits per heavy atom. The van der Waals surface area contributed by atoms with Gasteiger partial charge in [0.15, 0.2) is 0 Å². The van der Waals surface area contributed by atoms with Gasteiger partial charge in [-0.05, 0) is 18.2 Å². The number of nitrogens with two attached hydrogens (primary N) is 1. The van der Waals surface area contributed by atoms with Gasteiger partial charge in [-0.15, -0.1) is 0 Å². The van der Waals surface area contributed by atoms with Gasteiger partial charge in [0.1, 0.15) is 18.1 Å². The molecular weight excluding hydrogens is 204 g/mol. The van der Waals surface area contributed by atoms with Crippen LogP contribution in [0.4, 0.5) is 8.78 Å². The number of hydrogen-bond acceptors (Lipinski definition) is 3. The van der Waals surface area contributed by atoms with Crippen LogP contribution in [0.1, 0.15) is 5.56 Å². The molecule has 0 aliphatic carbocycles. The smallest absolute Gasteiger partial charge is 0.272 e. The number of ether oxygens (including phenoxy) is 2. The summed E-state index contributed by atoms with van der Waals surface area (Å²) in [7, 11) is 1.52. The molecule has 2 N–H and O–H groups in total. The zero-order chi connectivity index (χ0) is 11.3. The largest absolute Gasteiger partial charge is 0.496 e. The Morgan fingerprint density at radius 2 is 2.13 bits per heavy atom. The second kappa shape index (κ2) is 5.50. The summed E-state index contributed by atoms with van der Waals surface area (Å²) >= 11 is 0. The molecule has 5 heteroatoms. The highest BCUT2D eigenvalue weighted by Crippen LogP contribution is 2.23. The third-order valence-electron chi connectivity index (χ3n) is 1.85. The first-order chi connectivity index (χ1) is 7.17. The molecule has 1 rings (SSSR count). The summed E-state index contributed by atoms with van der Waals surface area (Å²) in [5.74, 6) is 0.999. The lowest BCUT2D eigenvalue weighted by atomic mass is 10.2. The zero-order valence-electron chi connectivity index (χ0n) is 8.37. The lowest BCUT2D eigenvalue weighted by Gasteiger charge is -2.10. The molecule has 0 unspecified atom stereocenters.